The molecule has 118 valence electrons. The van der Waals surface area contributed by atoms with Crippen LogP contribution in [0.15, 0.2) is 67.1 Å². The Morgan fingerprint density at radius 2 is 1.79 bits per heavy atom. The highest BCUT2D eigenvalue weighted by molar-refractivity contribution is 5.80. The number of ether oxygens (including phenoxy) is 1. The summed E-state index contributed by atoms with van der Waals surface area (Å²) in [6.45, 7) is 0. The molecule has 4 heteroatoms. The molecule has 1 N–H and O–H groups in total. The number of hydrogen-bond acceptors (Lipinski definition) is 3. The van der Waals surface area contributed by atoms with Gasteiger partial charge in [0, 0.05) is 18.3 Å². The van der Waals surface area contributed by atoms with Crippen molar-refractivity contribution < 1.29 is 4.74 Å². The molecule has 0 radical (unpaired) electrons. The Hall–Kier alpha value is -3.32. The molecule has 0 aliphatic heterocycles. The predicted octanol–water partition coefficient (Wildman–Crippen LogP) is 3.96. The van der Waals surface area contributed by atoms with E-state index in [4.69, 9.17) is 10.00 Å². The Balaban J connectivity index is 1.98. The molecule has 0 bridgehead atoms. The van der Waals surface area contributed by atoms with Gasteiger partial charge in [0.05, 0.1) is 25.1 Å². The van der Waals surface area contributed by atoms with E-state index in [0.717, 1.165) is 34.6 Å². The Morgan fingerprint density at radius 3 is 2.33 bits per heavy atom. The van der Waals surface area contributed by atoms with E-state index in [1.807, 2.05) is 54.7 Å². The minimum atomic E-state index is 0.654. The van der Waals surface area contributed by atoms with Gasteiger partial charge in [-0.15, -0.1) is 0 Å². The van der Waals surface area contributed by atoms with Crippen LogP contribution in [0.5, 0.6) is 5.75 Å². The van der Waals surface area contributed by atoms with Gasteiger partial charge < -0.3 is 9.72 Å². The summed E-state index contributed by atoms with van der Waals surface area (Å²) in [6, 6.07) is 17.7. The van der Waals surface area contributed by atoms with Gasteiger partial charge in [-0.05, 0) is 41.0 Å². The number of benzene rings is 2. The summed E-state index contributed by atoms with van der Waals surface area (Å²) in [4.78, 5) is 7.17. The van der Waals surface area contributed by atoms with Crippen molar-refractivity contribution in [2.75, 3.05) is 7.11 Å². The molecule has 0 aliphatic rings. The first kappa shape index (κ1) is 15.6. The lowest BCUT2D eigenvalue weighted by atomic mass is 9.95. The number of aromatic nitrogens is 2. The van der Waals surface area contributed by atoms with E-state index < -0.39 is 0 Å². The van der Waals surface area contributed by atoms with Crippen LogP contribution in [-0.4, -0.2) is 17.1 Å². The number of hydrogen-bond donors (Lipinski definition) is 1. The Kier molecular flexibility index (Phi) is 4.73. The van der Waals surface area contributed by atoms with E-state index in [-0.39, 0.29) is 0 Å². The Bertz CT molecular complexity index is 855. The third kappa shape index (κ3) is 3.53. The summed E-state index contributed by atoms with van der Waals surface area (Å²) >= 11 is 0. The highest BCUT2D eigenvalue weighted by atomic mass is 16.5. The van der Waals surface area contributed by atoms with Crippen LogP contribution in [-0.2, 0) is 6.42 Å². The van der Waals surface area contributed by atoms with Gasteiger partial charge in [-0.1, -0.05) is 30.3 Å². The summed E-state index contributed by atoms with van der Waals surface area (Å²) < 4.78 is 5.24. The minimum absolute atomic E-state index is 0.654. The van der Waals surface area contributed by atoms with Crippen molar-refractivity contribution in [3.63, 3.8) is 0 Å². The second-order valence-electron chi connectivity index (χ2n) is 5.32. The van der Waals surface area contributed by atoms with Gasteiger partial charge in [0.1, 0.15) is 5.75 Å². The number of nitrogens with zero attached hydrogens (tertiary/aromatic N) is 2. The Morgan fingerprint density at radius 1 is 1.12 bits per heavy atom. The second kappa shape index (κ2) is 7.30. The molecule has 0 saturated carbocycles. The molecule has 2 aromatic carbocycles. The first-order valence-corrected chi connectivity index (χ1v) is 7.62. The molecule has 0 unspecified atom stereocenters. The quantitative estimate of drug-likeness (QED) is 0.775. The first-order valence-electron chi connectivity index (χ1n) is 7.62. The minimum Gasteiger partial charge on any atom is -0.497 e. The van der Waals surface area contributed by atoms with E-state index >= 15 is 0 Å². The van der Waals surface area contributed by atoms with E-state index in [1.165, 1.54) is 0 Å². The van der Waals surface area contributed by atoms with Crippen molar-refractivity contribution in [2.45, 2.75) is 6.42 Å². The number of nitriles is 1. The van der Waals surface area contributed by atoms with Crippen molar-refractivity contribution in [3.8, 4) is 11.8 Å². The molecule has 0 saturated heterocycles. The van der Waals surface area contributed by atoms with Gasteiger partial charge in [-0.3, -0.25) is 0 Å². The monoisotopic (exact) mass is 315 g/mol. The summed E-state index contributed by atoms with van der Waals surface area (Å²) in [5.41, 5.74) is 4.98. The number of imidazole rings is 1. The van der Waals surface area contributed by atoms with E-state index in [2.05, 4.69) is 22.1 Å². The maximum atomic E-state index is 8.98. The zero-order chi connectivity index (χ0) is 16.8. The third-order valence-corrected chi connectivity index (χ3v) is 3.81. The molecule has 24 heavy (non-hydrogen) atoms. The first-order chi connectivity index (χ1) is 11.8. The largest absolute Gasteiger partial charge is 0.497 e. The van der Waals surface area contributed by atoms with Crippen molar-refractivity contribution in [1.29, 1.82) is 5.26 Å². The number of allylic oxidation sites excluding steroid dienone is 1. The van der Waals surface area contributed by atoms with Gasteiger partial charge in [0.2, 0.25) is 0 Å². The average molecular weight is 315 g/mol. The van der Waals surface area contributed by atoms with Crippen LogP contribution in [0.1, 0.15) is 22.4 Å². The van der Waals surface area contributed by atoms with Gasteiger partial charge in [0.15, 0.2) is 0 Å². The van der Waals surface area contributed by atoms with Crippen LogP contribution < -0.4 is 4.74 Å². The molecule has 0 spiro atoms. The number of methoxy groups -OCH3 is 1. The lowest BCUT2D eigenvalue weighted by Gasteiger charge is -2.10. The van der Waals surface area contributed by atoms with Crippen molar-refractivity contribution in [3.05, 3.63) is 89.5 Å². The number of H-pyrrole nitrogens is 1. The van der Waals surface area contributed by atoms with Crippen LogP contribution in [0.4, 0.5) is 0 Å². The summed E-state index contributed by atoms with van der Waals surface area (Å²) in [6.07, 6.45) is 6.41. The fourth-order valence-corrected chi connectivity index (χ4v) is 2.51. The van der Waals surface area contributed by atoms with E-state index in [1.54, 1.807) is 13.4 Å². The molecule has 0 atom stereocenters. The topological polar surface area (TPSA) is 61.7 Å². The zero-order valence-electron chi connectivity index (χ0n) is 13.4. The number of nitrogens with one attached hydrogen (secondary N) is 1. The highest BCUT2D eigenvalue weighted by Crippen LogP contribution is 2.26. The van der Waals surface area contributed by atoms with Crippen molar-refractivity contribution in [2.24, 2.45) is 0 Å². The Labute approximate surface area is 141 Å². The predicted molar refractivity (Wildman–Crippen MR) is 93.5 cm³/mol. The third-order valence-electron chi connectivity index (χ3n) is 3.81. The van der Waals surface area contributed by atoms with Gasteiger partial charge >= 0.3 is 0 Å². The maximum absolute atomic E-state index is 8.98. The van der Waals surface area contributed by atoms with Crippen LogP contribution in [0, 0.1) is 11.3 Å². The van der Waals surface area contributed by atoms with Crippen LogP contribution in [0.25, 0.3) is 5.57 Å². The van der Waals surface area contributed by atoms with Gasteiger partial charge in [-0.2, -0.15) is 5.26 Å². The molecule has 0 amide bonds. The summed E-state index contributed by atoms with van der Waals surface area (Å²) in [7, 11) is 1.66. The molecule has 3 rings (SSSR count). The molecule has 1 aromatic heterocycles. The summed E-state index contributed by atoms with van der Waals surface area (Å²) in [5.74, 6) is 0.825. The second-order valence-corrected chi connectivity index (χ2v) is 5.32. The van der Waals surface area contributed by atoms with Crippen molar-refractivity contribution >= 4 is 5.57 Å². The highest BCUT2D eigenvalue weighted by Gasteiger charge is 2.06. The molecule has 1 heterocycles. The molecular formula is C20H17N3O. The number of rotatable bonds is 5. The van der Waals surface area contributed by atoms with Crippen molar-refractivity contribution in [1.82, 2.24) is 9.97 Å². The van der Waals surface area contributed by atoms with Crippen LogP contribution >= 0.6 is 0 Å². The maximum Gasteiger partial charge on any atom is 0.118 e. The SMILES string of the molecule is COc1ccc(C(=CCc2cnc[nH]2)c2ccc(C#N)cc2)cc1. The van der Waals surface area contributed by atoms with Crippen LogP contribution in [0.2, 0.25) is 0 Å². The van der Waals surface area contributed by atoms with Crippen LogP contribution in [0.3, 0.4) is 0 Å². The molecule has 4 nitrogen and oxygen atoms in total. The lowest BCUT2D eigenvalue weighted by molar-refractivity contribution is 0.415. The fourth-order valence-electron chi connectivity index (χ4n) is 2.51. The number of aromatic amines is 1. The lowest BCUT2D eigenvalue weighted by Crippen LogP contribution is -1.92. The zero-order valence-corrected chi connectivity index (χ0v) is 13.4. The molecule has 3 aromatic rings. The summed E-state index contributed by atoms with van der Waals surface area (Å²) in [5, 5.41) is 8.98. The normalized spacial score (nSPS) is 11.1. The van der Waals surface area contributed by atoms with E-state index in [0.29, 0.717) is 5.56 Å². The molecule has 0 fully saturated rings. The fraction of sp³-hybridized carbons (Fsp3) is 0.100. The molecule has 0 aliphatic carbocycles. The standard InChI is InChI=1S/C20H17N3O/c1-24-19-9-6-17(7-10-19)20(11-8-18-13-22-14-23-18)16-4-2-15(12-21)3-5-16/h2-7,9-11,13-14H,8H2,1H3,(H,22,23). The average Bonchev–Trinajstić information content (AvgIpc) is 3.16. The van der Waals surface area contributed by atoms with Gasteiger partial charge in [0.25, 0.3) is 0 Å². The molecular weight excluding hydrogens is 298 g/mol. The smallest absolute Gasteiger partial charge is 0.118 e. The van der Waals surface area contributed by atoms with Gasteiger partial charge in [-0.25, -0.2) is 4.98 Å². The van der Waals surface area contributed by atoms with E-state index in [9.17, 15) is 0 Å².